The zero-order chi connectivity index (χ0) is 18.5. The van der Waals surface area contributed by atoms with Crippen LogP contribution in [0.1, 0.15) is 0 Å². The Balaban J connectivity index is 5.91. The van der Waals surface area contributed by atoms with Gasteiger partial charge < -0.3 is 0 Å². The van der Waals surface area contributed by atoms with Gasteiger partial charge in [-0.2, -0.15) is 0 Å². The molecule has 0 amide bonds. The lowest BCUT2D eigenvalue weighted by Gasteiger charge is -2.42. The van der Waals surface area contributed by atoms with Crippen LogP contribution in [-0.4, -0.2) is 1.28 Å². The topological polar surface area (TPSA) is 0 Å². The van der Waals surface area contributed by atoms with Crippen molar-refractivity contribution < 1.29 is 0 Å². The third kappa shape index (κ3) is 12.6. The molecule has 0 spiro atoms. The van der Waals surface area contributed by atoms with Crippen molar-refractivity contribution >= 4 is 177 Å². The number of hydrogen-bond donors (Lipinski definition) is 0. The van der Waals surface area contributed by atoms with Crippen LogP contribution in [0.3, 0.4) is 0 Å². The van der Waals surface area contributed by atoms with Gasteiger partial charge in [-0.3, -0.25) is 0 Å². The molecule has 0 fully saturated rings. The minimum atomic E-state index is -0.594. The molecule has 22 heteroatoms. The van der Waals surface area contributed by atoms with Crippen molar-refractivity contribution in [3.05, 3.63) is 0 Å². The zero-order valence-electron chi connectivity index (χ0n) is 12.3. The van der Waals surface area contributed by atoms with Gasteiger partial charge in [-0.25, -0.2) is 0 Å². The van der Waals surface area contributed by atoms with Crippen molar-refractivity contribution in [2.24, 2.45) is 0 Å². The molecular weight excluding hydrogens is 681 g/mol. The van der Waals surface area contributed by atoms with Crippen molar-refractivity contribution in [2.45, 2.75) is 0 Å². The fourth-order valence-corrected chi connectivity index (χ4v) is 230. The summed E-state index contributed by atoms with van der Waals surface area (Å²) in [6.45, 7) is -0.925. The van der Waals surface area contributed by atoms with Crippen molar-refractivity contribution in [1.82, 2.24) is 0 Å². The van der Waals surface area contributed by atoms with Gasteiger partial charge in [0.15, 0.2) is 0 Å². The Hall–Kier alpha value is 9.46. The van der Waals surface area contributed by atoms with Crippen molar-refractivity contribution in [1.29, 1.82) is 1.28 Å². The first kappa shape index (κ1) is 29.5. The predicted molar refractivity (Wildman–Crippen MR) is 186 cm³/mol. The molecule has 0 rings (SSSR count). The first-order chi connectivity index (χ1) is 10.5. The van der Waals surface area contributed by atoms with Gasteiger partial charge in [0.05, 0.1) is 1.28 Å². The van der Waals surface area contributed by atoms with Crippen LogP contribution < -0.4 is 0 Å². The van der Waals surface area contributed by atoms with Gasteiger partial charge in [-0.15, -0.1) is 98.2 Å². The van der Waals surface area contributed by atoms with Gasteiger partial charge in [-0.05, 0) is 70.8 Å². The highest BCUT2D eigenvalue weighted by atomic mass is 33.4. The van der Waals surface area contributed by atoms with E-state index >= 15 is 0 Å². The molecule has 0 aromatic carbocycles. The standard InChI is InChI=1S/H24P22/c1-12-19(14(2)3)21(22(17(8)9)18(10)11)13-20(15(4)5)16(6)7/h12-13H,1-11H2/i13T. The van der Waals surface area contributed by atoms with Crippen LogP contribution in [0, 0.1) is 0 Å². The molecular formula is H24P22. The lowest BCUT2D eigenvalue weighted by Crippen LogP contribution is -1.53. The summed E-state index contributed by atoms with van der Waals surface area (Å²) in [4.78, 5) is 0. The molecule has 0 heterocycles. The maximum atomic E-state index is 9.40. The van der Waals surface area contributed by atoms with Crippen LogP contribution in [0.25, 0.3) is 0 Å². The second-order valence-corrected chi connectivity index (χ2v) is 86.8. The summed E-state index contributed by atoms with van der Waals surface area (Å²) in [5, 5.41) is 0. The van der Waals surface area contributed by atoms with Crippen LogP contribution in [0.15, 0.2) is 0 Å². The predicted octanol–water partition coefficient (Wildman–Crippen LogP) is 12.5. The molecule has 0 bridgehead atoms. The average Bonchev–Trinajstić information content (AvgIpc) is 2.35. The fraction of sp³-hybridized carbons (Fsp3) is 0. The molecule has 15 atom stereocenters. The van der Waals surface area contributed by atoms with Gasteiger partial charge in [-0.1, -0.05) is 7.96 Å². The normalized spacial score (nSPS) is 18.7. The summed E-state index contributed by atoms with van der Waals surface area (Å²) in [7, 11) is 34.3. The Morgan fingerprint density at radius 1 is 0.545 bits per heavy atom. The average molecular weight is 708 g/mol. The van der Waals surface area contributed by atoms with E-state index in [2.05, 4.69) is 98.2 Å². The molecule has 0 nitrogen and oxygen atoms in total. The Bertz CT molecular complexity index is 287. The molecule has 0 aromatic heterocycles. The van der Waals surface area contributed by atoms with E-state index in [9.17, 15) is 1.28 Å². The van der Waals surface area contributed by atoms with E-state index in [1.165, 1.54) is 0 Å². The minimum absolute atomic E-state index is 0.0112. The maximum absolute atomic E-state index is 9.40. The lowest BCUT2D eigenvalue weighted by atomic mass is 28.6. The quantitative estimate of drug-likeness (QED) is 0.198. The van der Waals surface area contributed by atoms with E-state index in [4.69, 9.17) is 0 Å². The molecule has 0 saturated carbocycles. The third-order valence-corrected chi connectivity index (χ3v) is 134. The molecule has 0 saturated heterocycles. The highest BCUT2D eigenvalue weighted by Crippen LogP contribution is 3.26. The van der Waals surface area contributed by atoms with Crippen LogP contribution in [0.5, 0.6) is 0 Å². The zero-order valence-corrected chi connectivity index (χ0v) is 34.0. The maximum Gasteiger partial charge on any atom is 0.0690 e. The summed E-state index contributed by atoms with van der Waals surface area (Å²) in [5.74, 6) is 0. The summed E-state index contributed by atoms with van der Waals surface area (Å²) in [6.07, 6.45) is 0. The Morgan fingerprint density at radius 3 is 1.14 bits per heavy atom. The molecule has 0 aromatic rings. The summed E-state index contributed by atoms with van der Waals surface area (Å²) in [5.41, 5.74) is 0. The van der Waals surface area contributed by atoms with Crippen LogP contribution >= 0.6 is 177 Å². The largest absolute Gasteiger partial charge is 0.109 e. The SMILES string of the molecule is [3H]P(P(P(P)P)P(P)P)P(P(PP)P(P)P)P(P(P)P)P(P)P. The second-order valence-electron chi connectivity index (χ2n) is 3.21. The molecule has 0 radical (unpaired) electrons. The number of hydrogen-bond acceptors (Lipinski definition) is 0. The van der Waals surface area contributed by atoms with Crippen molar-refractivity contribution in [3.8, 4) is 0 Å². The first-order valence-corrected chi connectivity index (χ1v) is 44.0. The van der Waals surface area contributed by atoms with E-state index in [-0.39, 0.29) is 62.9 Å². The summed E-state index contributed by atoms with van der Waals surface area (Å²) in [6, 6.07) is 0. The van der Waals surface area contributed by atoms with Crippen molar-refractivity contribution in [2.75, 3.05) is 0 Å². The van der Waals surface area contributed by atoms with E-state index in [1.807, 2.05) is 0 Å². The van der Waals surface area contributed by atoms with Gasteiger partial charge >= 0.3 is 0 Å². The smallest absolute Gasteiger partial charge is 0.0690 e. The molecule has 0 aliphatic rings. The molecule has 0 aliphatic carbocycles. The molecule has 0 N–H and O–H groups in total. The second kappa shape index (κ2) is 17.9. The summed E-state index contributed by atoms with van der Waals surface area (Å²) < 4.78 is 9.40. The molecule has 0 aliphatic heterocycles. The Labute approximate surface area is 176 Å². The Kier molecular flexibility index (Phi) is 24.0. The monoisotopic (exact) mass is 708 g/mol. The molecule has 15 unspecified atom stereocenters. The minimum Gasteiger partial charge on any atom is -0.109 e. The summed E-state index contributed by atoms with van der Waals surface area (Å²) >= 11 is 0. The molecule has 134 valence electrons. The number of rotatable bonds is 10. The highest BCUT2D eigenvalue weighted by Gasteiger charge is 2.37. The molecule has 22 heavy (non-hydrogen) atoms. The van der Waals surface area contributed by atoms with Gasteiger partial charge in [0.25, 0.3) is 0 Å². The van der Waals surface area contributed by atoms with Crippen LogP contribution in [0.4, 0.5) is 0 Å². The van der Waals surface area contributed by atoms with Crippen molar-refractivity contribution in [3.63, 3.8) is 0 Å². The van der Waals surface area contributed by atoms with E-state index < -0.39 is 7.90 Å². The first-order valence-electron chi connectivity index (χ1n) is 5.34. The fourth-order valence-electron chi connectivity index (χ4n) is 0.947. The van der Waals surface area contributed by atoms with E-state index in [1.54, 1.807) is 0 Å². The van der Waals surface area contributed by atoms with Gasteiger partial charge in [0.2, 0.25) is 0 Å². The highest BCUT2D eigenvalue weighted by molar-refractivity contribution is 9.32. The van der Waals surface area contributed by atoms with Gasteiger partial charge in [0, 0.05) is 0 Å². The Morgan fingerprint density at radius 2 is 0.909 bits per heavy atom. The van der Waals surface area contributed by atoms with Gasteiger partial charge in [0.1, 0.15) is 0 Å². The van der Waals surface area contributed by atoms with E-state index in [0.29, 0.717) is 0 Å². The third-order valence-electron chi connectivity index (χ3n) is 1.65. The van der Waals surface area contributed by atoms with Crippen LogP contribution in [-0.2, 0) is 0 Å². The van der Waals surface area contributed by atoms with Crippen LogP contribution in [0.2, 0.25) is 0 Å². The lowest BCUT2D eigenvalue weighted by molar-refractivity contribution is 4.53. The van der Waals surface area contributed by atoms with E-state index in [0.717, 1.165) is 7.96 Å².